The summed E-state index contributed by atoms with van der Waals surface area (Å²) in [6, 6.07) is 6.27. The highest BCUT2D eigenvalue weighted by Gasteiger charge is 2.15. The number of benzene rings is 1. The lowest BCUT2D eigenvalue weighted by Crippen LogP contribution is -2.13. The van der Waals surface area contributed by atoms with E-state index in [2.05, 4.69) is 17.2 Å². The average molecular weight is 243 g/mol. The van der Waals surface area contributed by atoms with Crippen LogP contribution in [0.4, 0.5) is 0 Å². The number of nitrogens with zero attached hydrogens (tertiary/aromatic N) is 2. The molecule has 0 saturated heterocycles. The molecule has 0 saturated carbocycles. The van der Waals surface area contributed by atoms with Crippen molar-refractivity contribution in [3.8, 4) is 5.75 Å². The molecule has 4 nitrogen and oxygen atoms in total. The lowest BCUT2D eigenvalue weighted by atomic mass is 9.99. The molecule has 2 N–H and O–H groups in total. The molecule has 0 amide bonds. The SMILES string of the molecule is Cn1cc(CC(N)c2ccc3c(c2)CCO3)cn1. The van der Waals surface area contributed by atoms with Crippen LogP contribution >= 0.6 is 0 Å². The summed E-state index contributed by atoms with van der Waals surface area (Å²) in [4.78, 5) is 0. The second-order valence-corrected chi connectivity index (χ2v) is 4.80. The first-order chi connectivity index (χ1) is 8.72. The van der Waals surface area contributed by atoms with Gasteiger partial charge in [-0.1, -0.05) is 12.1 Å². The van der Waals surface area contributed by atoms with Crippen molar-refractivity contribution in [2.45, 2.75) is 18.9 Å². The molecule has 0 bridgehead atoms. The monoisotopic (exact) mass is 243 g/mol. The Balaban J connectivity index is 1.78. The minimum atomic E-state index is 0.0140. The van der Waals surface area contributed by atoms with E-state index >= 15 is 0 Å². The Labute approximate surface area is 106 Å². The van der Waals surface area contributed by atoms with Gasteiger partial charge in [-0.3, -0.25) is 4.68 Å². The van der Waals surface area contributed by atoms with Gasteiger partial charge in [0, 0.05) is 25.7 Å². The van der Waals surface area contributed by atoms with Crippen LogP contribution in [0.15, 0.2) is 30.6 Å². The zero-order chi connectivity index (χ0) is 12.5. The highest BCUT2D eigenvalue weighted by molar-refractivity contribution is 5.41. The topological polar surface area (TPSA) is 53.1 Å². The highest BCUT2D eigenvalue weighted by Crippen LogP contribution is 2.28. The molecule has 0 fully saturated rings. The van der Waals surface area contributed by atoms with Gasteiger partial charge >= 0.3 is 0 Å². The Hall–Kier alpha value is -1.81. The van der Waals surface area contributed by atoms with E-state index in [0.29, 0.717) is 0 Å². The number of rotatable bonds is 3. The second-order valence-electron chi connectivity index (χ2n) is 4.80. The Morgan fingerprint density at radius 1 is 1.50 bits per heavy atom. The molecule has 1 atom stereocenters. The summed E-state index contributed by atoms with van der Waals surface area (Å²) in [5, 5.41) is 4.16. The minimum absolute atomic E-state index is 0.0140. The van der Waals surface area contributed by atoms with Crippen molar-refractivity contribution in [3.63, 3.8) is 0 Å². The van der Waals surface area contributed by atoms with Crippen molar-refractivity contribution in [3.05, 3.63) is 47.3 Å². The summed E-state index contributed by atoms with van der Waals surface area (Å²) >= 11 is 0. The lowest BCUT2D eigenvalue weighted by molar-refractivity contribution is 0.357. The van der Waals surface area contributed by atoms with E-state index in [1.54, 1.807) is 4.68 Å². The van der Waals surface area contributed by atoms with E-state index in [1.807, 2.05) is 25.5 Å². The molecule has 1 aromatic carbocycles. The molecule has 1 aliphatic heterocycles. The van der Waals surface area contributed by atoms with E-state index in [9.17, 15) is 0 Å². The maximum atomic E-state index is 6.25. The largest absolute Gasteiger partial charge is 0.493 e. The maximum absolute atomic E-state index is 6.25. The van der Waals surface area contributed by atoms with Gasteiger partial charge in [0.15, 0.2) is 0 Å². The molecule has 1 aliphatic rings. The fourth-order valence-corrected chi connectivity index (χ4v) is 2.39. The summed E-state index contributed by atoms with van der Waals surface area (Å²) in [6.07, 6.45) is 5.68. The molecule has 1 unspecified atom stereocenters. The van der Waals surface area contributed by atoms with Crippen LogP contribution in [0.2, 0.25) is 0 Å². The predicted octanol–water partition coefficient (Wildman–Crippen LogP) is 1.60. The van der Waals surface area contributed by atoms with Gasteiger partial charge in [0.05, 0.1) is 12.8 Å². The summed E-state index contributed by atoms with van der Waals surface area (Å²) in [6.45, 7) is 0.788. The van der Waals surface area contributed by atoms with Crippen molar-refractivity contribution in [1.82, 2.24) is 9.78 Å². The molecule has 0 aliphatic carbocycles. The van der Waals surface area contributed by atoms with Crippen molar-refractivity contribution in [1.29, 1.82) is 0 Å². The normalized spacial score (nSPS) is 15.2. The van der Waals surface area contributed by atoms with Crippen molar-refractivity contribution in [2.75, 3.05) is 6.61 Å². The fraction of sp³-hybridized carbons (Fsp3) is 0.357. The number of hydrogen-bond donors (Lipinski definition) is 1. The van der Waals surface area contributed by atoms with E-state index < -0.39 is 0 Å². The van der Waals surface area contributed by atoms with E-state index in [-0.39, 0.29) is 6.04 Å². The molecule has 3 rings (SSSR count). The Morgan fingerprint density at radius 2 is 2.39 bits per heavy atom. The first-order valence-corrected chi connectivity index (χ1v) is 6.21. The van der Waals surface area contributed by atoms with Gasteiger partial charge < -0.3 is 10.5 Å². The van der Waals surface area contributed by atoms with Crippen LogP contribution in [0, 0.1) is 0 Å². The number of nitrogens with two attached hydrogens (primary N) is 1. The van der Waals surface area contributed by atoms with Crippen LogP contribution in [-0.2, 0) is 19.9 Å². The van der Waals surface area contributed by atoms with Crippen molar-refractivity contribution >= 4 is 0 Å². The Bertz CT molecular complexity index is 562. The summed E-state index contributed by atoms with van der Waals surface area (Å²) in [7, 11) is 1.92. The number of aromatic nitrogens is 2. The molecule has 0 spiro atoms. The predicted molar refractivity (Wildman–Crippen MR) is 69.5 cm³/mol. The first kappa shape index (κ1) is 11.3. The number of fused-ring (bicyclic) bond motifs is 1. The van der Waals surface area contributed by atoms with Crippen LogP contribution in [0.3, 0.4) is 0 Å². The van der Waals surface area contributed by atoms with Gasteiger partial charge in [0.1, 0.15) is 5.75 Å². The highest BCUT2D eigenvalue weighted by atomic mass is 16.5. The smallest absolute Gasteiger partial charge is 0.122 e. The summed E-state index contributed by atoms with van der Waals surface area (Å²) < 4.78 is 7.30. The van der Waals surface area contributed by atoms with Crippen molar-refractivity contribution in [2.24, 2.45) is 12.8 Å². The zero-order valence-electron chi connectivity index (χ0n) is 10.5. The maximum Gasteiger partial charge on any atom is 0.122 e. The number of ether oxygens (including phenoxy) is 1. The van der Waals surface area contributed by atoms with Gasteiger partial charge in [0.25, 0.3) is 0 Å². The number of aryl methyl sites for hydroxylation is 1. The molecule has 0 radical (unpaired) electrons. The standard InChI is InChI=1S/C14H17N3O/c1-17-9-10(8-16-17)6-13(15)11-2-3-14-12(7-11)4-5-18-14/h2-3,7-9,13H,4-6,15H2,1H3. The molecule has 2 aromatic rings. The number of hydrogen-bond acceptors (Lipinski definition) is 3. The van der Waals surface area contributed by atoms with Gasteiger partial charge in [-0.05, 0) is 29.2 Å². The van der Waals surface area contributed by atoms with Crippen LogP contribution < -0.4 is 10.5 Å². The van der Waals surface area contributed by atoms with Gasteiger partial charge in [0.2, 0.25) is 0 Å². The molecule has 18 heavy (non-hydrogen) atoms. The van der Waals surface area contributed by atoms with Gasteiger partial charge in [-0.15, -0.1) is 0 Å². The lowest BCUT2D eigenvalue weighted by Gasteiger charge is -2.12. The van der Waals surface area contributed by atoms with Crippen molar-refractivity contribution < 1.29 is 4.74 Å². The minimum Gasteiger partial charge on any atom is -0.493 e. The third kappa shape index (κ3) is 2.11. The summed E-state index contributed by atoms with van der Waals surface area (Å²) in [5.41, 5.74) is 9.86. The average Bonchev–Trinajstić information content (AvgIpc) is 2.96. The van der Waals surface area contributed by atoms with E-state index in [4.69, 9.17) is 10.5 Å². The quantitative estimate of drug-likeness (QED) is 0.890. The third-order valence-electron chi connectivity index (χ3n) is 3.36. The van der Waals surface area contributed by atoms with Gasteiger partial charge in [-0.2, -0.15) is 5.10 Å². The Kier molecular flexibility index (Phi) is 2.80. The molecule has 94 valence electrons. The van der Waals surface area contributed by atoms with Crippen LogP contribution in [0.5, 0.6) is 5.75 Å². The van der Waals surface area contributed by atoms with E-state index in [1.165, 1.54) is 16.7 Å². The van der Waals surface area contributed by atoms with Crippen LogP contribution in [0.1, 0.15) is 22.7 Å². The second kappa shape index (κ2) is 4.46. The van der Waals surface area contributed by atoms with E-state index in [0.717, 1.165) is 25.2 Å². The fourth-order valence-electron chi connectivity index (χ4n) is 2.39. The van der Waals surface area contributed by atoms with Crippen LogP contribution in [0.25, 0.3) is 0 Å². The zero-order valence-corrected chi connectivity index (χ0v) is 10.5. The molecular formula is C14H17N3O. The molecular weight excluding hydrogens is 226 g/mol. The molecule has 4 heteroatoms. The summed E-state index contributed by atoms with van der Waals surface area (Å²) in [5.74, 6) is 1.01. The van der Waals surface area contributed by atoms with Gasteiger partial charge in [-0.25, -0.2) is 0 Å². The Morgan fingerprint density at radius 3 is 3.17 bits per heavy atom. The van der Waals surface area contributed by atoms with Crippen LogP contribution in [-0.4, -0.2) is 16.4 Å². The molecule has 1 aromatic heterocycles. The third-order valence-corrected chi connectivity index (χ3v) is 3.36. The first-order valence-electron chi connectivity index (χ1n) is 6.21. The molecule has 2 heterocycles.